The summed E-state index contributed by atoms with van der Waals surface area (Å²) in [5.41, 5.74) is 0. The van der Waals surface area contributed by atoms with E-state index in [1.807, 2.05) is 6.08 Å². The second kappa shape index (κ2) is 55.3. The van der Waals surface area contributed by atoms with Gasteiger partial charge in [-0.3, -0.25) is 4.79 Å². The second-order valence-electron chi connectivity index (χ2n) is 23.3. The van der Waals surface area contributed by atoms with E-state index in [2.05, 4.69) is 19.2 Å². The molecule has 74 heavy (non-hydrogen) atoms. The van der Waals surface area contributed by atoms with E-state index in [0.717, 1.165) is 38.5 Å². The average molecular weight is 1050 g/mol. The molecule has 7 atom stereocenters. The summed E-state index contributed by atoms with van der Waals surface area (Å²) in [7, 11) is 0. The molecule has 1 amide bonds. The first-order valence-electron chi connectivity index (χ1n) is 32.9. The Hall–Kier alpha value is -1.07. The molecule has 1 fully saturated rings. The number of carbonyl (C=O) groups excluding carboxylic acids is 1. The van der Waals surface area contributed by atoms with Gasteiger partial charge in [0.05, 0.1) is 25.4 Å². The van der Waals surface area contributed by atoms with Crippen LogP contribution in [0.1, 0.15) is 341 Å². The molecule has 0 spiro atoms. The van der Waals surface area contributed by atoms with Crippen molar-refractivity contribution in [2.45, 2.75) is 384 Å². The Balaban J connectivity index is 2.11. The lowest BCUT2D eigenvalue weighted by Gasteiger charge is -2.40. The zero-order valence-electron chi connectivity index (χ0n) is 49.1. The van der Waals surface area contributed by atoms with Crippen molar-refractivity contribution in [2.75, 3.05) is 13.2 Å². The first-order chi connectivity index (χ1) is 36.3. The fourth-order valence-corrected chi connectivity index (χ4v) is 10.9. The number of nitrogens with one attached hydrogen (secondary N) is 1. The number of hydrogen-bond donors (Lipinski definition) is 6. The number of amides is 1. The lowest BCUT2D eigenvalue weighted by Crippen LogP contribution is -2.60. The van der Waals surface area contributed by atoms with Crippen LogP contribution in [0.15, 0.2) is 12.2 Å². The van der Waals surface area contributed by atoms with Gasteiger partial charge in [0.25, 0.3) is 0 Å². The van der Waals surface area contributed by atoms with Gasteiger partial charge >= 0.3 is 0 Å². The third-order valence-corrected chi connectivity index (χ3v) is 16.1. The SMILES string of the molecule is CCCCCCCCCCCCCCCCCCC/C=C/C(O)C(COC1OC(CO)C(O)C(O)C1O)NC(=O)CCCCCCCCCCCCCCCCCCCCCCCCCCCCCCCCCC. The first-order valence-corrected chi connectivity index (χ1v) is 32.9. The Morgan fingerprint density at radius 2 is 0.743 bits per heavy atom. The van der Waals surface area contributed by atoms with E-state index in [9.17, 15) is 30.3 Å². The van der Waals surface area contributed by atoms with Crippen LogP contribution in [0.25, 0.3) is 0 Å². The summed E-state index contributed by atoms with van der Waals surface area (Å²) in [6.45, 7) is 3.83. The van der Waals surface area contributed by atoms with Crippen molar-refractivity contribution < 1.29 is 39.8 Å². The van der Waals surface area contributed by atoms with Gasteiger partial charge in [-0.2, -0.15) is 0 Å². The van der Waals surface area contributed by atoms with Crippen LogP contribution < -0.4 is 5.32 Å². The summed E-state index contributed by atoms with van der Waals surface area (Å²) in [5, 5.41) is 54.6. The monoisotopic (exact) mass is 1050 g/mol. The van der Waals surface area contributed by atoms with Gasteiger partial charge in [-0.05, 0) is 19.3 Å². The van der Waals surface area contributed by atoms with Gasteiger partial charge < -0.3 is 40.3 Å². The number of allylic oxidation sites excluding steroid dienone is 1. The third-order valence-electron chi connectivity index (χ3n) is 16.1. The molecule has 0 radical (unpaired) electrons. The maximum absolute atomic E-state index is 13.1. The van der Waals surface area contributed by atoms with Crippen LogP contribution in [-0.2, 0) is 14.3 Å². The number of ether oxygens (including phenoxy) is 2. The highest BCUT2D eigenvalue weighted by Crippen LogP contribution is 2.23. The summed E-state index contributed by atoms with van der Waals surface area (Å²) < 4.78 is 11.3. The van der Waals surface area contributed by atoms with Crippen molar-refractivity contribution in [2.24, 2.45) is 0 Å². The van der Waals surface area contributed by atoms with Gasteiger partial charge in [0.15, 0.2) is 6.29 Å². The maximum atomic E-state index is 13.1. The van der Waals surface area contributed by atoms with Gasteiger partial charge in [0.2, 0.25) is 5.91 Å². The Kier molecular flexibility index (Phi) is 53.0. The van der Waals surface area contributed by atoms with Crippen LogP contribution >= 0.6 is 0 Å². The van der Waals surface area contributed by atoms with Crippen LogP contribution in [-0.4, -0.2) is 87.5 Å². The summed E-state index contributed by atoms with van der Waals surface area (Å²) in [5.74, 6) is -0.168. The van der Waals surface area contributed by atoms with Crippen molar-refractivity contribution in [1.82, 2.24) is 5.32 Å². The van der Waals surface area contributed by atoms with Crippen LogP contribution in [0.3, 0.4) is 0 Å². The standard InChI is InChI=1S/C65H127NO8/c1-3-5-7-9-11-13-15-17-19-21-23-24-25-26-27-28-29-30-31-32-33-34-35-37-39-41-43-45-47-49-51-53-55-61(69)66-58(57-73-65-64(72)63(71)62(70)60(56-67)74-65)59(68)54-52-50-48-46-44-42-40-38-36-22-20-18-16-14-12-10-8-6-4-2/h52,54,58-60,62-65,67-68,70-72H,3-51,53,55-57H2,1-2H3,(H,66,69)/b54-52+. The molecule has 9 nitrogen and oxygen atoms in total. The third kappa shape index (κ3) is 43.9. The topological polar surface area (TPSA) is 149 Å². The summed E-state index contributed by atoms with van der Waals surface area (Å²) in [4.78, 5) is 13.1. The van der Waals surface area contributed by atoms with Crippen molar-refractivity contribution in [3.8, 4) is 0 Å². The molecule has 1 heterocycles. The zero-order chi connectivity index (χ0) is 53.6. The van der Waals surface area contributed by atoms with E-state index in [4.69, 9.17) is 9.47 Å². The highest BCUT2D eigenvalue weighted by atomic mass is 16.7. The first kappa shape index (κ1) is 70.9. The van der Waals surface area contributed by atoms with Gasteiger partial charge in [0.1, 0.15) is 24.4 Å². The minimum absolute atomic E-state index is 0.168. The molecule has 440 valence electrons. The number of hydrogen-bond acceptors (Lipinski definition) is 8. The second-order valence-corrected chi connectivity index (χ2v) is 23.3. The largest absolute Gasteiger partial charge is 0.394 e. The molecule has 0 aromatic carbocycles. The molecular formula is C65H127NO8. The Bertz CT molecular complexity index is 1170. The Morgan fingerprint density at radius 3 is 1.05 bits per heavy atom. The normalized spacial score (nSPS) is 18.9. The summed E-state index contributed by atoms with van der Waals surface area (Å²) in [6.07, 6.45) is 63.1. The molecule has 1 rings (SSSR count). The van der Waals surface area contributed by atoms with Crippen LogP contribution in [0.5, 0.6) is 0 Å². The van der Waals surface area contributed by atoms with E-state index in [1.165, 1.54) is 283 Å². The smallest absolute Gasteiger partial charge is 0.220 e. The highest BCUT2D eigenvalue weighted by Gasteiger charge is 2.44. The number of rotatable bonds is 58. The fraction of sp³-hybridized carbons (Fsp3) is 0.954. The van der Waals surface area contributed by atoms with Crippen LogP contribution in [0.2, 0.25) is 0 Å². The Morgan fingerprint density at radius 1 is 0.446 bits per heavy atom. The van der Waals surface area contributed by atoms with Crippen molar-refractivity contribution >= 4 is 5.91 Å². The molecule has 1 aliphatic rings. The zero-order valence-corrected chi connectivity index (χ0v) is 49.1. The van der Waals surface area contributed by atoms with E-state index in [1.54, 1.807) is 6.08 Å². The molecule has 6 N–H and O–H groups in total. The fourth-order valence-electron chi connectivity index (χ4n) is 10.9. The quantitative estimate of drug-likeness (QED) is 0.0261. The lowest BCUT2D eigenvalue weighted by atomic mass is 9.99. The van der Waals surface area contributed by atoms with E-state index in [0.29, 0.717) is 6.42 Å². The minimum Gasteiger partial charge on any atom is -0.394 e. The van der Waals surface area contributed by atoms with Crippen LogP contribution in [0.4, 0.5) is 0 Å². The van der Waals surface area contributed by atoms with E-state index in [-0.39, 0.29) is 12.5 Å². The van der Waals surface area contributed by atoms with Crippen molar-refractivity contribution in [1.29, 1.82) is 0 Å². The number of aliphatic hydroxyl groups excluding tert-OH is 5. The average Bonchev–Trinajstić information content (AvgIpc) is 3.40. The molecule has 0 aromatic heterocycles. The molecular weight excluding hydrogens is 923 g/mol. The molecule has 7 unspecified atom stereocenters. The summed E-state index contributed by atoms with van der Waals surface area (Å²) in [6, 6.07) is -0.801. The van der Waals surface area contributed by atoms with E-state index < -0.39 is 49.5 Å². The predicted octanol–water partition coefficient (Wildman–Crippen LogP) is 17.1. The van der Waals surface area contributed by atoms with Gasteiger partial charge in [-0.25, -0.2) is 0 Å². The highest BCUT2D eigenvalue weighted by molar-refractivity contribution is 5.76. The van der Waals surface area contributed by atoms with Gasteiger partial charge in [-0.1, -0.05) is 328 Å². The lowest BCUT2D eigenvalue weighted by molar-refractivity contribution is -0.302. The predicted molar refractivity (Wildman–Crippen MR) is 314 cm³/mol. The number of carbonyl (C=O) groups is 1. The summed E-state index contributed by atoms with van der Waals surface area (Å²) >= 11 is 0. The van der Waals surface area contributed by atoms with Gasteiger partial charge in [-0.15, -0.1) is 0 Å². The maximum Gasteiger partial charge on any atom is 0.220 e. The van der Waals surface area contributed by atoms with Gasteiger partial charge in [0, 0.05) is 6.42 Å². The molecule has 9 heteroatoms. The Labute approximate surface area is 458 Å². The minimum atomic E-state index is -1.56. The number of unbranched alkanes of at least 4 members (excludes halogenated alkanes) is 48. The molecule has 1 aliphatic heterocycles. The van der Waals surface area contributed by atoms with Crippen LogP contribution in [0, 0.1) is 0 Å². The molecule has 1 saturated heterocycles. The van der Waals surface area contributed by atoms with E-state index >= 15 is 0 Å². The molecule has 0 aromatic rings. The molecule has 0 saturated carbocycles. The van der Waals surface area contributed by atoms with Crippen molar-refractivity contribution in [3.05, 3.63) is 12.2 Å². The molecule has 0 bridgehead atoms. The van der Waals surface area contributed by atoms with Crippen molar-refractivity contribution in [3.63, 3.8) is 0 Å². The molecule has 0 aliphatic carbocycles. The number of aliphatic hydroxyl groups is 5.